The molecule has 7 nitrogen and oxygen atoms in total. The zero-order valence-corrected chi connectivity index (χ0v) is 15.5. The number of furan rings is 1. The number of hydrogen-bond donors (Lipinski definition) is 2. The maximum atomic E-state index is 12.4. The Labute approximate surface area is 155 Å². The summed E-state index contributed by atoms with van der Waals surface area (Å²) in [6.45, 7) is 4.25. The average molecular weight is 375 g/mol. The van der Waals surface area contributed by atoms with E-state index in [2.05, 4.69) is 22.8 Å². The first-order chi connectivity index (χ1) is 12.6. The summed E-state index contributed by atoms with van der Waals surface area (Å²) in [5.74, 6) is 0.697. The summed E-state index contributed by atoms with van der Waals surface area (Å²) in [5.41, 5.74) is 3.85. The van der Waals surface area contributed by atoms with Gasteiger partial charge >= 0.3 is 12.0 Å². The molecule has 0 saturated heterocycles. The number of anilines is 1. The molecule has 1 aliphatic carbocycles. The van der Waals surface area contributed by atoms with Crippen LogP contribution in [0.15, 0.2) is 27.9 Å². The van der Waals surface area contributed by atoms with Crippen molar-refractivity contribution in [2.24, 2.45) is 11.0 Å². The van der Waals surface area contributed by atoms with Gasteiger partial charge in [-0.15, -0.1) is 11.3 Å². The number of ether oxygens (including phenoxy) is 1. The minimum Gasteiger partial charge on any atom is -0.463 e. The highest BCUT2D eigenvalue weighted by molar-refractivity contribution is 7.17. The smallest absolute Gasteiger partial charge is 0.341 e. The second-order valence-corrected chi connectivity index (χ2v) is 7.22. The van der Waals surface area contributed by atoms with E-state index >= 15 is 0 Å². The second kappa shape index (κ2) is 8.18. The Hall–Kier alpha value is -2.61. The molecule has 2 N–H and O–H groups in total. The number of carbonyl (C=O) groups excluding carboxylic acids is 2. The van der Waals surface area contributed by atoms with Crippen molar-refractivity contribution in [3.8, 4) is 0 Å². The van der Waals surface area contributed by atoms with Crippen LogP contribution in [-0.4, -0.2) is 24.8 Å². The predicted molar refractivity (Wildman–Crippen MR) is 99.9 cm³/mol. The number of hydrazone groups is 1. The van der Waals surface area contributed by atoms with Gasteiger partial charge in [-0.1, -0.05) is 6.92 Å². The molecule has 0 aromatic carbocycles. The zero-order chi connectivity index (χ0) is 18.5. The third kappa shape index (κ3) is 4.13. The number of amides is 2. The molecule has 0 aliphatic heterocycles. The molecule has 2 aromatic rings. The summed E-state index contributed by atoms with van der Waals surface area (Å²) >= 11 is 1.44. The van der Waals surface area contributed by atoms with E-state index in [4.69, 9.17) is 9.15 Å². The van der Waals surface area contributed by atoms with Gasteiger partial charge in [-0.05, 0) is 49.8 Å². The highest BCUT2D eigenvalue weighted by atomic mass is 32.1. The number of thiophene rings is 1. The molecule has 0 saturated carbocycles. The molecule has 0 bridgehead atoms. The molecular formula is C18H21N3O4S. The van der Waals surface area contributed by atoms with Gasteiger partial charge in [-0.3, -0.25) is 5.32 Å². The highest BCUT2D eigenvalue weighted by Gasteiger charge is 2.29. The molecule has 0 fully saturated rings. The second-order valence-electron chi connectivity index (χ2n) is 6.12. The molecule has 26 heavy (non-hydrogen) atoms. The lowest BCUT2D eigenvalue weighted by molar-refractivity contribution is 0.0526. The number of esters is 1. The monoisotopic (exact) mass is 375 g/mol. The fourth-order valence-corrected chi connectivity index (χ4v) is 4.30. The van der Waals surface area contributed by atoms with E-state index in [1.54, 1.807) is 19.1 Å². The Kier molecular flexibility index (Phi) is 5.72. The quantitative estimate of drug-likeness (QED) is 0.472. The molecule has 0 unspecified atom stereocenters. The number of fused-ring (bicyclic) bond motifs is 1. The Morgan fingerprint density at radius 1 is 1.50 bits per heavy atom. The number of urea groups is 1. The van der Waals surface area contributed by atoms with Crippen LogP contribution in [0.2, 0.25) is 0 Å². The lowest BCUT2D eigenvalue weighted by Gasteiger charge is -2.18. The summed E-state index contributed by atoms with van der Waals surface area (Å²) in [7, 11) is 0. The topological polar surface area (TPSA) is 92.9 Å². The summed E-state index contributed by atoms with van der Waals surface area (Å²) in [5, 5.41) is 7.06. The van der Waals surface area contributed by atoms with E-state index in [1.807, 2.05) is 0 Å². The first kappa shape index (κ1) is 18.2. The van der Waals surface area contributed by atoms with Crippen molar-refractivity contribution in [2.45, 2.75) is 33.1 Å². The standard InChI is InChI=1S/C18H21N3O4S/c1-3-24-17(22)15-13-7-6-11(2)9-14(13)26-16(15)20-18(23)21-19-10-12-5-4-8-25-12/h4-5,8,10-11H,3,6-7,9H2,1-2H3,(H2,20,21,23)/b19-10-/t11-/m0/s1. The molecule has 0 radical (unpaired) electrons. The maximum Gasteiger partial charge on any atom is 0.341 e. The molecule has 1 atom stereocenters. The van der Waals surface area contributed by atoms with Gasteiger partial charge in [0.1, 0.15) is 10.8 Å². The Morgan fingerprint density at radius 3 is 3.08 bits per heavy atom. The number of carbonyl (C=O) groups is 2. The van der Waals surface area contributed by atoms with Crippen molar-refractivity contribution in [1.82, 2.24) is 5.43 Å². The number of hydrogen-bond acceptors (Lipinski definition) is 6. The van der Waals surface area contributed by atoms with Crippen molar-refractivity contribution >= 4 is 34.6 Å². The van der Waals surface area contributed by atoms with Gasteiger partial charge in [0.25, 0.3) is 0 Å². The van der Waals surface area contributed by atoms with Crippen LogP contribution in [0.1, 0.15) is 46.8 Å². The third-order valence-electron chi connectivity index (χ3n) is 4.12. The molecule has 138 valence electrons. The van der Waals surface area contributed by atoms with Gasteiger partial charge < -0.3 is 9.15 Å². The van der Waals surface area contributed by atoms with Crippen LogP contribution in [-0.2, 0) is 17.6 Å². The van der Waals surface area contributed by atoms with Gasteiger partial charge in [0, 0.05) is 4.88 Å². The first-order valence-electron chi connectivity index (χ1n) is 8.53. The van der Waals surface area contributed by atoms with Gasteiger partial charge in [0.2, 0.25) is 0 Å². The molecule has 0 spiro atoms. The molecule has 2 heterocycles. The van der Waals surface area contributed by atoms with E-state index in [0.29, 0.717) is 28.8 Å². The number of nitrogens with zero attached hydrogens (tertiary/aromatic N) is 1. The van der Waals surface area contributed by atoms with E-state index in [0.717, 1.165) is 29.7 Å². The minimum absolute atomic E-state index is 0.291. The van der Waals surface area contributed by atoms with E-state index in [1.165, 1.54) is 23.8 Å². The van der Waals surface area contributed by atoms with Gasteiger partial charge in [0.15, 0.2) is 0 Å². The van der Waals surface area contributed by atoms with Crippen LogP contribution in [0.5, 0.6) is 0 Å². The van der Waals surface area contributed by atoms with Crippen molar-refractivity contribution in [3.05, 3.63) is 40.2 Å². The summed E-state index contributed by atoms with van der Waals surface area (Å²) < 4.78 is 10.3. The summed E-state index contributed by atoms with van der Waals surface area (Å²) in [6.07, 6.45) is 5.67. The first-order valence-corrected chi connectivity index (χ1v) is 9.35. The largest absolute Gasteiger partial charge is 0.463 e. The number of rotatable bonds is 5. The molecular weight excluding hydrogens is 354 g/mol. The van der Waals surface area contributed by atoms with Crippen LogP contribution in [0.25, 0.3) is 0 Å². The zero-order valence-electron chi connectivity index (χ0n) is 14.7. The van der Waals surface area contributed by atoms with Crippen LogP contribution in [0, 0.1) is 5.92 Å². The van der Waals surface area contributed by atoms with Gasteiger partial charge in [-0.2, -0.15) is 5.10 Å². The van der Waals surface area contributed by atoms with Crippen molar-refractivity contribution in [3.63, 3.8) is 0 Å². The Balaban J connectivity index is 1.75. The van der Waals surface area contributed by atoms with Gasteiger partial charge in [-0.25, -0.2) is 15.0 Å². The van der Waals surface area contributed by atoms with Crippen molar-refractivity contribution in [2.75, 3.05) is 11.9 Å². The SMILES string of the molecule is CCOC(=O)c1c(NC(=O)N/N=C\c2ccco2)sc2c1CC[C@H](C)C2. The third-order valence-corrected chi connectivity index (χ3v) is 5.29. The molecule has 8 heteroatoms. The Bertz CT molecular complexity index is 811. The minimum atomic E-state index is -0.523. The van der Waals surface area contributed by atoms with Crippen LogP contribution >= 0.6 is 11.3 Å². The highest BCUT2D eigenvalue weighted by Crippen LogP contribution is 2.40. The van der Waals surface area contributed by atoms with E-state index in [9.17, 15) is 9.59 Å². The fraction of sp³-hybridized carbons (Fsp3) is 0.389. The molecule has 2 aromatic heterocycles. The van der Waals surface area contributed by atoms with Crippen LogP contribution in [0.4, 0.5) is 9.80 Å². The Morgan fingerprint density at radius 2 is 2.35 bits per heavy atom. The van der Waals surface area contributed by atoms with Crippen LogP contribution in [0.3, 0.4) is 0 Å². The normalized spacial score (nSPS) is 16.3. The molecule has 1 aliphatic rings. The van der Waals surface area contributed by atoms with Crippen molar-refractivity contribution in [1.29, 1.82) is 0 Å². The average Bonchev–Trinajstić information content (AvgIpc) is 3.22. The van der Waals surface area contributed by atoms with E-state index in [-0.39, 0.29) is 0 Å². The van der Waals surface area contributed by atoms with E-state index < -0.39 is 12.0 Å². The van der Waals surface area contributed by atoms with Crippen molar-refractivity contribution < 1.29 is 18.7 Å². The lowest BCUT2D eigenvalue weighted by Crippen LogP contribution is -2.25. The van der Waals surface area contributed by atoms with Gasteiger partial charge in [0.05, 0.1) is 24.6 Å². The summed E-state index contributed by atoms with van der Waals surface area (Å²) in [4.78, 5) is 25.7. The lowest BCUT2D eigenvalue weighted by atomic mass is 9.88. The predicted octanol–water partition coefficient (Wildman–Crippen LogP) is 3.80. The summed E-state index contributed by atoms with van der Waals surface area (Å²) in [6, 6.07) is 2.92. The molecule has 2 amide bonds. The maximum absolute atomic E-state index is 12.4. The number of nitrogens with one attached hydrogen (secondary N) is 2. The van der Waals surface area contributed by atoms with Crippen LogP contribution < -0.4 is 10.7 Å². The molecule has 3 rings (SSSR count). The fourth-order valence-electron chi connectivity index (χ4n) is 2.91.